The van der Waals surface area contributed by atoms with Crippen LogP contribution in [0.1, 0.15) is 78.2 Å². The van der Waals surface area contributed by atoms with E-state index in [4.69, 9.17) is 24.7 Å². The number of amides is 1. The Kier molecular flexibility index (Phi) is 11.4. The third-order valence-corrected chi connectivity index (χ3v) is 15.0. The number of ether oxygens (including phenoxy) is 4. The molecule has 5 unspecified atom stereocenters. The normalized spacial score (nSPS) is 32.0. The predicted octanol–water partition coefficient (Wildman–Crippen LogP) is 3.47. The number of allylic oxidation sites excluding steroid dienone is 4. The number of pyridine rings is 1. The summed E-state index contributed by atoms with van der Waals surface area (Å²) in [6.45, 7) is 4.58. The first-order chi connectivity index (χ1) is 29.4. The van der Waals surface area contributed by atoms with Crippen molar-refractivity contribution in [2.45, 2.75) is 102 Å². The molecule has 1 amide bonds. The van der Waals surface area contributed by atoms with E-state index in [1.54, 1.807) is 30.2 Å². The second kappa shape index (κ2) is 16.2. The van der Waals surface area contributed by atoms with Crippen LogP contribution < -0.4 is 20.8 Å². The van der Waals surface area contributed by atoms with E-state index in [0.29, 0.717) is 24.8 Å². The zero-order chi connectivity index (χ0) is 44.5. The number of halogens is 1. The number of fused-ring (bicyclic) bond motifs is 6. The quantitative estimate of drug-likeness (QED) is 0.218. The molecule has 0 spiro atoms. The molecule has 8 rings (SSSR count). The van der Waals surface area contributed by atoms with E-state index in [1.807, 2.05) is 24.5 Å². The van der Waals surface area contributed by atoms with E-state index >= 15 is 4.39 Å². The smallest absolute Gasteiger partial charge is 0.413 e. The highest BCUT2D eigenvalue weighted by Gasteiger charge is 2.68. The number of hydrogen-bond donors (Lipinski definition) is 3. The summed E-state index contributed by atoms with van der Waals surface area (Å²) in [6, 6.07) is 0.857. The van der Waals surface area contributed by atoms with Crippen LogP contribution in [0.4, 0.5) is 14.9 Å². The third kappa shape index (κ3) is 7.28. The molecule has 0 radical (unpaired) electrons. The van der Waals surface area contributed by atoms with Gasteiger partial charge < -0.3 is 49.3 Å². The van der Waals surface area contributed by atoms with Crippen LogP contribution in [0.5, 0.6) is 5.75 Å². The minimum absolute atomic E-state index is 0.00711. The lowest BCUT2D eigenvalue weighted by Gasteiger charge is -2.59. The second-order valence-corrected chi connectivity index (χ2v) is 18.4. The summed E-state index contributed by atoms with van der Waals surface area (Å²) in [5, 5.41) is 23.8. The number of anilines is 1. The van der Waals surface area contributed by atoms with Gasteiger partial charge in [-0.1, -0.05) is 25.5 Å². The maximum Gasteiger partial charge on any atom is 0.413 e. The van der Waals surface area contributed by atoms with Gasteiger partial charge in [-0.05, 0) is 81.9 Å². The molecule has 9 atom stereocenters. The minimum Gasteiger partial charge on any atom is -0.492 e. The molecule has 1 aromatic carbocycles. The van der Waals surface area contributed by atoms with Gasteiger partial charge in [0.05, 0.1) is 30.5 Å². The van der Waals surface area contributed by atoms with Crippen LogP contribution in [0.2, 0.25) is 0 Å². The monoisotopic (exact) mass is 862 g/mol. The molecule has 0 bridgehead atoms. The fourth-order valence-electron chi connectivity index (χ4n) is 11.6. The van der Waals surface area contributed by atoms with Crippen molar-refractivity contribution < 1.29 is 57.5 Å². The van der Waals surface area contributed by atoms with Gasteiger partial charge in [0.1, 0.15) is 17.3 Å². The molecule has 6 aliphatic rings. The number of Topliss-reactive ketones (excluding diaryl/α,β-unsaturated/α-hetero) is 1. The van der Waals surface area contributed by atoms with Crippen LogP contribution in [0.3, 0.4) is 0 Å². The molecule has 4 N–H and O–H groups in total. The van der Waals surface area contributed by atoms with Gasteiger partial charge in [0.2, 0.25) is 12.6 Å². The van der Waals surface area contributed by atoms with Crippen LogP contribution in [0.15, 0.2) is 46.9 Å². The van der Waals surface area contributed by atoms with E-state index in [-0.39, 0.29) is 84.3 Å². The highest BCUT2D eigenvalue weighted by molar-refractivity contribution is 6.01. The topological polar surface area (TPSA) is 217 Å². The Labute approximate surface area is 357 Å². The van der Waals surface area contributed by atoms with Crippen molar-refractivity contribution in [2.75, 3.05) is 45.0 Å². The molecule has 334 valence electrons. The number of aromatic nitrogens is 1. The molecule has 17 heteroatoms. The number of nitrogens with zero attached hydrogens (tertiary/aromatic N) is 3. The number of carbonyl (C=O) groups excluding carboxylic acids is 5. The molecule has 5 aliphatic carbocycles. The Hall–Kier alpha value is -5.13. The van der Waals surface area contributed by atoms with Crippen molar-refractivity contribution >= 4 is 46.2 Å². The van der Waals surface area contributed by atoms with E-state index in [2.05, 4.69) is 0 Å². The van der Waals surface area contributed by atoms with Gasteiger partial charge in [-0.15, -0.1) is 0 Å². The first-order valence-corrected chi connectivity index (χ1v) is 21.5. The van der Waals surface area contributed by atoms with Gasteiger partial charge in [-0.3, -0.25) is 24.0 Å². The number of benzene rings is 1. The third-order valence-electron chi connectivity index (χ3n) is 15.0. The standard InChI is InChI=1S/C45H55FN4O12/c1-24-21-48(39-31(46)18-29-33(52)11-14-50(26-6-7-26)38(29)40(39)59-4)15-16-49(24)42(57)62-23-61-36(55)19-32(47)41(56)60-22-35(54)45(58)13-10-30-28-8-5-25-17-27(51)9-12-43(25,2)37(28)34(53)20-44(30,45)3/h9,11-12,14,17-18,24,26,28,30,32,34,37,53,58H,5-8,10,13,15-16,19-23,47H2,1-4H3/t24?,28?,30?,32?,34-,37?,43-,44-,45-/m0/s1. The first kappa shape index (κ1) is 43.5. The summed E-state index contributed by atoms with van der Waals surface area (Å²) in [7, 11) is 1.43. The molecule has 62 heavy (non-hydrogen) atoms. The highest BCUT2D eigenvalue weighted by Crippen LogP contribution is 2.67. The second-order valence-electron chi connectivity index (χ2n) is 18.4. The number of esters is 2. The lowest BCUT2D eigenvalue weighted by atomic mass is 9.46. The number of hydrogen-bond acceptors (Lipinski definition) is 14. The van der Waals surface area contributed by atoms with E-state index < -0.39 is 84.1 Å². The number of piperazine rings is 1. The van der Waals surface area contributed by atoms with Crippen molar-refractivity contribution in [1.82, 2.24) is 9.47 Å². The zero-order valence-electron chi connectivity index (χ0n) is 35.5. The van der Waals surface area contributed by atoms with Crippen LogP contribution in [0.25, 0.3) is 10.9 Å². The Morgan fingerprint density at radius 2 is 1.82 bits per heavy atom. The number of methoxy groups -OCH3 is 1. The number of rotatable bonds is 11. The maximum atomic E-state index is 15.7. The Bertz CT molecular complexity index is 2330. The van der Waals surface area contributed by atoms with Gasteiger partial charge in [-0.2, -0.15) is 0 Å². The molecule has 5 fully saturated rings. The van der Waals surface area contributed by atoms with Crippen LogP contribution >= 0.6 is 0 Å². The van der Waals surface area contributed by atoms with Gasteiger partial charge >= 0.3 is 18.0 Å². The SMILES string of the molecule is COc1c(N2CCN(C(=O)OCOC(=O)CC(N)C(=O)OCC(=O)[C@@]3(O)CCC4C5CCC6=CC(=O)C=C[C@]6(C)C5[C@@H](O)C[C@@]43C)C(C)C2)c(F)cc2c(=O)ccn(C3CC3)c12. The summed E-state index contributed by atoms with van der Waals surface area (Å²) >= 11 is 0. The number of ketones is 2. The molecule has 16 nitrogen and oxygen atoms in total. The van der Waals surface area contributed by atoms with Crippen LogP contribution in [0, 0.1) is 34.4 Å². The Balaban J connectivity index is 0.803. The average molecular weight is 863 g/mol. The predicted molar refractivity (Wildman–Crippen MR) is 220 cm³/mol. The molecule has 4 saturated carbocycles. The van der Waals surface area contributed by atoms with Gasteiger partial charge in [0.15, 0.2) is 29.4 Å². The van der Waals surface area contributed by atoms with Gasteiger partial charge in [0.25, 0.3) is 0 Å². The van der Waals surface area contributed by atoms with Crippen molar-refractivity contribution in [3.8, 4) is 5.75 Å². The summed E-state index contributed by atoms with van der Waals surface area (Å²) in [4.78, 5) is 80.1. The summed E-state index contributed by atoms with van der Waals surface area (Å²) < 4.78 is 38.8. The summed E-state index contributed by atoms with van der Waals surface area (Å²) in [6.07, 6.45) is 8.59. The number of aliphatic hydroxyl groups is 2. The molecule has 2 heterocycles. The molecule has 1 saturated heterocycles. The number of carbonyl (C=O) groups is 5. The van der Waals surface area contributed by atoms with Gasteiger partial charge in [-0.25, -0.2) is 9.18 Å². The van der Waals surface area contributed by atoms with Crippen molar-refractivity contribution in [1.29, 1.82) is 0 Å². The Morgan fingerprint density at radius 1 is 1.06 bits per heavy atom. The molecular weight excluding hydrogens is 808 g/mol. The largest absolute Gasteiger partial charge is 0.492 e. The van der Waals surface area contributed by atoms with E-state index in [0.717, 1.165) is 18.4 Å². The highest BCUT2D eigenvalue weighted by atomic mass is 19.1. The molecule has 1 aliphatic heterocycles. The number of aliphatic hydroxyl groups excluding tert-OH is 1. The lowest BCUT2D eigenvalue weighted by Crippen LogP contribution is -2.61. The van der Waals surface area contributed by atoms with Gasteiger partial charge in [0, 0.05) is 60.7 Å². The minimum atomic E-state index is -1.88. The van der Waals surface area contributed by atoms with E-state index in [1.165, 1.54) is 24.1 Å². The summed E-state index contributed by atoms with van der Waals surface area (Å²) in [5.74, 6) is -3.49. The first-order valence-electron chi connectivity index (χ1n) is 21.5. The molecular formula is C45H55FN4O12. The van der Waals surface area contributed by atoms with E-state index in [9.17, 15) is 39.0 Å². The molecule has 1 aromatic heterocycles. The maximum absolute atomic E-state index is 15.7. The van der Waals surface area contributed by atoms with Crippen molar-refractivity contribution in [2.24, 2.45) is 34.3 Å². The molecule has 2 aromatic rings. The van der Waals surface area contributed by atoms with Crippen LogP contribution in [-0.2, 0) is 33.4 Å². The summed E-state index contributed by atoms with van der Waals surface area (Å²) in [5.41, 5.74) is 3.94. The fourth-order valence-corrected chi connectivity index (χ4v) is 11.6. The Morgan fingerprint density at radius 3 is 2.53 bits per heavy atom. The average Bonchev–Trinajstić information content (AvgIpc) is 4.03. The van der Waals surface area contributed by atoms with Crippen molar-refractivity contribution in [3.05, 3.63) is 58.2 Å². The lowest BCUT2D eigenvalue weighted by molar-refractivity contribution is -0.181. The van der Waals surface area contributed by atoms with Crippen LogP contribution in [-0.4, -0.2) is 113 Å². The van der Waals surface area contributed by atoms with Crippen molar-refractivity contribution in [3.63, 3.8) is 0 Å². The number of nitrogens with two attached hydrogens (primary N) is 1. The fraction of sp³-hybridized carbons (Fsp3) is 0.600. The zero-order valence-corrected chi connectivity index (χ0v) is 35.5.